The molecule has 0 radical (unpaired) electrons. The second-order valence-electron chi connectivity index (χ2n) is 6.08. The van der Waals surface area contributed by atoms with Crippen LogP contribution in [0.1, 0.15) is 28.0 Å². The largest absolute Gasteiger partial charge is 0.379 e. The van der Waals surface area contributed by atoms with Crippen molar-refractivity contribution in [3.8, 4) is 0 Å². The van der Waals surface area contributed by atoms with Crippen LogP contribution in [0.5, 0.6) is 0 Å². The van der Waals surface area contributed by atoms with Crippen LogP contribution in [-0.4, -0.2) is 36.3 Å². The summed E-state index contributed by atoms with van der Waals surface area (Å²) >= 11 is 6.03. The average Bonchev–Trinajstić information content (AvgIpc) is 2.64. The number of aryl methyl sites for hydroxylation is 1. The van der Waals surface area contributed by atoms with Gasteiger partial charge in [0.25, 0.3) is 5.91 Å². The topological polar surface area (TPSA) is 60.5 Å². The normalized spacial score (nSPS) is 20.2. The Kier molecular flexibility index (Phi) is 6.02. The number of nitrogens with one attached hydrogen (secondary N) is 1. The fraction of sp³-hybridized carbons (Fsp3) is 0.368. The van der Waals surface area contributed by atoms with E-state index in [0.29, 0.717) is 36.8 Å². The molecule has 2 aromatic rings. The lowest BCUT2D eigenvalue weighted by Crippen LogP contribution is -2.50. The minimum Gasteiger partial charge on any atom is -0.379 e. The van der Waals surface area contributed by atoms with Crippen LogP contribution >= 0.6 is 11.6 Å². The number of amides is 1. The van der Waals surface area contributed by atoms with Gasteiger partial charge in [0.2, 0.25) is 0 Å². The number of carbonyl (C=O) groups excluding carboxylic acids is 1. The maximum atomic E-state index is 12.5. The van der Waals surface area contributed by atoms with Crippen molar-refractivity contribution in [2.75, 3.05) is 13.2 Å². The molecule has 25 heavy (non-hydrogen) atoms. The van der Waals surface area contributed by atoms with Gasteiger partial charge in [0.1, 0.15) is 6.10 Å². The summed E-state index contributed by atoms with van der Waals surface area (Å²) in [4.78, 5) is 16.8. The first-order chi connectivity index (χ1) is 12.1. The molecule has 1 aliphatic rings. The van der Waals surface area contributed by atoms with Gasteiger partial charge in [0, 0.05) is 23.4 Å². The zero-order chi connectivity index (χ0) is 17.6. The van der Waals surface area contributed by atoms with Crippen LogP contribution in [-0.2, 0) is 16.1 Å². The van der Waals surface area contributed by atoms with Crippen LogP contribution in [0, 0.1) is 6.92 Å². The number of halogens is 1. The van der Waals surface area contributed by atoms with Crippen LogP contribution in [0.3, 0.4) is 0 Å². The molecule has 1 aromatic carbocycles. The lowest BCUT2D eigenvalue weighted by atomic mass is 10.0. The van der Waals surface area contributed by atoms with E-state index >= 15 is 0 Å². The van der Waals surface area contributed by atoms with Crippen molar-refractivity contribution in [2.45, 2.75) is 32.1 Å². The number of ether oxygens (including phenoxy) is 2. The highest BCUT2D eigenvalue weighted by Gasteiger charge is 2.28. The van der Waals surface area contributed by atoms with Crippen molar-refractivity contribution in [2.24, 2.45) is 0 Å². The van der Waals surface area contributed by atoms with Gasteiger partial charge in [-0.25, -0.2) is 0 Å². The van der Waals surface area contributed by atoms with Gasteiger partial charge in [-0.1, -0.05) is 17.7 Å². The number of hydrogen-bond acceptors (Lipinski definition) is 4. The average molecular weight is 361 g/mol. The highest BCUT2D eigenvalue weighted by molar-refractivity contribution is 6.31. The maximum Gasteiger partial charge on any atom is 0.251 e. The van der Waals surface area contributed by atoms with Crippen molar-refractivity contribution in [1.82, 2.24) is 10.3 Å². The molecule has 1 fully saturated rings. The number of pyridine rings is 1. The van der Waals surface area contributed by atoms with Gasteiger partial charge >= 0.3 is 0 Å². The van der Waals surface area contributed by atoms with Gasteiger partial charge < -0.3 is 14.8 Å². The van der Waals surface area contributed by atoms with Gasteiger partial charge in [-0.15, -0.1) is 0 Å². The summed E-state index contributed by atoms with van der Waals surface area (Å²) in [6.45, 7) is 3.33. The minimum absolute atomic E-state index is 0.0963. The van der Waals surface area contributed by atoms with E-state index in [1.165, 1.54) is 0 Å². The molecule has 3 rings (SSSR count). The molecule has 0 bridgehead atoms. The number of rotatable bonds is 5. The molecule has 1 amide bonds. The van der Waals surface area contributed by atoms with Gasteiger partial charge in [-0.05, 0) is 49.2 Å². The van der Waals surface area contributed by atoms with E-state index in [4.69, 9.17) is 21.1 Å². The summed E-state index contributed by atoms with van der Waals surface area (Å²) in [5.41, 5.74) is 2.33. The van der Waals surface area contributed by atoms with Gasteiger partial charge in [-0.3, -0.25) is 9.78 Å². The fourth-order valence-corrected chi connectivity index (χ4v) is 2.87. The van der Waals surface area contributed by atoms with Crippen LogP contribution in [0.2, 0.25) is 5.02 Å². The van der Waals surface area contributed by atoms with Crippen LogP contribution < -0.4 is 5.32 Å². The standard InChI is InChI=1S/C19H21ClN2O3/c1-13-10-14(5-6-16(13)20)19(23)22-17-7-9-24-12-18(17)25-11-15-4-2-3-8-21-15/h2-6,8,10,17-18H,7,9,11-12H2,1H3,(H,22,23)/t17-,18-/m1/s1. The predicted octanol–water partition coefficient (Wildman–Crippen LogP) is 3.15. The van der Waals surface area contributed by atoms with Gasteiger partial charge in [-0.2, -0.15) is 0 Å². The zero-order valence-corrected chi connectivity index (χ0v) is 14.8. The molecular weight excluding hydrogens is 340 g/mol. The summed E-state index contributed by atoms with van der Waals surface area (Å²) in [5.74, 6) is -0.127. The van der Waals surface area contributed by atoms with Crippen molar-refractivity contribution < 1.29 is 14.3 Å². The Hall–Kier alpha value is -1.95. The third-order valence-corrected chi connectivity index (χ3v) is 4.64. The Labute approximate surface area is 152 Å². The van der Waals surface area contributed by atoms with E-state index in [0.717, 1.165) is 11.3 Å². The first kappa shape index (κ1) is 17.9. The Morgan fingerprint density at radius 3 is 3.04 bits per heavy atom. The quantitative estimate of drug-likeness (QED) is 0.889. The number of hydrogen-bond donors (Lipinski definition) is 1. The van der Waals surface area contributed by atoms with Crippen LogP contribution in [0.25, 0.3) is 0 Å². The fourth-order valence-electron chi connectivity index (χ4n) is 2.75. The Balaban J connectivity index is 1.62. The lowest BCUT2D eigenvalue weighted by Gasteiger charge is -2.32. The van der Waals surface area contributed by atoms with Crippen LogP contribution in [0.4, 0.5) is 0 Å². The van der Waals surface area contributed by atoms with E-state index in [-0.39, 0.29) is 18.1 Å². The third-order valence-electron chi connectivity index (χ3n) is 4.21. The predicted molar refractivity (Wildman–Crippen MR) is 95.7 cm³/mol. The molecule has 0 spiro atoms. The van der Waals surface area contributed by atoms with Gasteiger partial charge in [0.15, 0.2) is 0 Å². The summed E-state index contributed by atoms with van der Waals surface area (Å²) < 4.78 is 11.4. The molecule has 0 unspecified atom stereocenters. The molecule has 6 heteroatoms. The molecule has 2 atom stereocenters. The Bertz CT molecular complexity index is 724. The highest BCUT2D eigenvalue weighted by Crippen LogP contribution is 2.18. The second-order valence-corrected chi connectivity index (χ2v) is 6.49. The molecule has 0 aliphatic carbocycles. The summed E-state index contributed by atoms with van der Waals surface area (Å²) in [6, 6.07) is 10.9. The van der Waals surface area contributed by atoms with Crippen molar-refractivity contribution in [1.29, 1.82) is 0 Å². The zero-order valence-electron chi connectivity index (χ0n) is 14.1. The maximum absolute atomic E-state index is 12.5. The summed E-state index contributed by atoms with van der Waals surface area (Å²) in [6.07, 6.45) is 2.25. The van der Waals surface area contributed by atoms with Crippen LogP contribution in [0.15, 0.2) is 42.6 Å². The molecule has 1 aromatic heterocycles. The van der Waals surface area contributed by atoms with E-state index in [2.05, 4.69) is 10.3 Å². The highest BCUT2D eigenvalue weighted by atomic mass is 35.5. The molecule has 2 heterocycles. The number of aromatic nitrogens is 1. The molecule has 0 saturated carbocycles. The first-order valence-corrected chi connectivity index (χ1v) is 8.67. The minimum atomic E-state index is -0.201. The molecular formula is C19H21ClN2O3. The Morgan fingerprint density at radius 2 is 2.28 bits per heavy atom. The monoisotopic (exact) mass is 360 g/mol. The first-order valence-electron chi connectivity index (χ1n) is 8.30. The summed E-state index contributed by atoms with van der Waals surface area (Å²) in [7, 11) is 0. The lowest BCUT2D eigenvalue weighted by molar-refractivity contribution is -0.0743. The van der Waals surface area contributed by atoms with E-state index in [1.807, 2.05) is 25.1 Å². The van der Waals surface area contributed by atoms with Crippen molar-refractivity contribution >= 4 is 17.5 Å². The van der Waals surface area contributed by atoms with Crippen molar-refractivity contribution in [3.63, 3.8) is 0 Å². The van der Waals surface area contributed by atoms with E-state index < -0.39 is 0 Å². The SMILES string of the molecule is Cc1cc(C(=O)N[C@@H]2CCOC[C@H]2OCc2ccccn2)ccc1Cl. The number of benzene rings is 1. The summed E-state index contributed by atoms with van der Waals surface area (Å²) in [5, 5.41) is 3.71. The molecule has 1 aliphatic heterocycles. The smallest absolute Gasteiger partial charge is 0.251 e. The molecule has 132 valence electrons. The van der Waals surface area contributed by atoms with E-state index in [9.17, 15) is 4.79 Å². The Morgan fingerprint density at radius 1 is 1.40 bits per heavy atom. The number of carbonyl (C=O) groups is 1. The molecule has 1 saturated heterocycles. The molecule has 5 nitrogen and oxygen atoms in total. The second kappa shape index (κ2) is 8.43. The van der Waals surface area contributed by atoms with Gasteiger partial charge in [0.05, 0.1) is 24.9 Å². The van der Waals surface area contributed by atoms with Crippen molar-refractivity contribution in [3.05, 3.63) is 64.4 Å². The molecule has 1 N–H and O–H groups in total. The van der Waals surface area contributed by atoms with E-state index in [1.54, 1.807) is 24.4 Å². The number of nitrogens with zero attached hydrogens (tertiary/aromatic N) is 1. The third kappa shape index (κ3) is 4.78.